The highest BCUT2D eigenvalue weighted by Gasteiger charge is 2.21. The van der Waals surface area contributed by atoms with Crippen molar-refractivity contribution in [1.29, 1.82) is 0 Å². The highest BCUT2D eigenvalue weighted by molar-refractivity contribution is 7.98. The normalized spacial score (nSPS) is 14.9. The molecule has 0 aromatic heterocycles. The van der Waals surface area contributed by atoms with E-state index in [1.807, 2.05) is 25.6 Å². The first-order valence-electron chi connectivity index (χ1n) is 6.62. The van der Waals surface area contributed by atoms with Gasteiger partial charge in [0.2, 0.25) is 5.91 Å². The van der Waals surface area contributed by atoms with E-state index >= 15 is 0 Å². The second-order valence-electron chi connectivity index (χ2n) is 5.11. The van der Waals surface area contributed by atoms with Crippen LogP contribution in [0.15, 0.2) is 0 Å². The maximum absolute atomic E-state index is 11.8. The minimum absolute atomic E-state index is 0.0874. The van der Waals surface area contributed by atoms with Crippen molar-refractivity contribution in [3.8, 4) is 0 Å². The van der Waals surface area contributed by atoms with Crippen molar-refractivity contribution in [2.45, 2.75) is 51.7 Å². The molecule has 0 spiro atoms. The molecule has 0 fully saturated rings. The molecule has 0 aromatic carbocycles. The number of hydrogen-bond donors (Lipinski definition) is 2. The minimum atomic E-state index is 0.0874. The maximum atomic E-state index is 11.8. The van der Waals surface area contributed by atoms with Gasteiger partial charge in [0.1, 0.15) is 0 Å². The molecule has 2 atom stereocenters. The van der Waals surface area contributed by atoms with Gasteiger partial charge in [-0.25, -0.2) is 0 Å². The Hall–Kier alpha value is -0.260. The smallest absolute Gasteiger partial charge is 0.221 e. The summed E-state index contributed by atoms with van der Waals surface area (Å²) in [5, 5.41) is 2.92. The lowest BCUT2D eigenvalue weighted by molar-refractivity contribution is -0.122. The summed E-state index contributed by atoms with van der Waals surface area (Å²) in [5.74, 6) is 1.23. The van der Waals surface area contributed by atoms with E-state index in [9.17, 15) is 4.79 Å². The van der Waals surface area contributed by atoms with E-state index < -0.39 is 0 Å². The molecule has 2 unspecified atom stereocenters. The molecule has 4 nitrogen and oxygen atoms in total. The van der Waals surface area contributed by atoms with E-state index in [1.54, 1.807) is 0 Å². The molecular weight excluding hydrogens is 246 g/mol. The first kappa shape index (κ1) is 17.7. The number of nitrogens with two attached hydrogens (primary N) is 1. The summed E-state index contributed by atoms with van der Waals surface area (Å²) in [6, 6.07) is 0.772. The second kappa shape index (κ2) is 9.64. The first-order chi connectivity index (χ1) is 8.42. The van der Waals surface area contributed by atoms with Gasteiger partial charge in [0, 0.05) is 31.1 Å². The van der Waals surface area contributed by atoms with Gasteiger partial charge in [-0.3, -0.25) is 9.69 Å². The lowest BCUT2D eigenvalue weighted by Crippen LogP contribution is -2.46. The quantitative estimate of drug-likeness (QED) is 0.666. The van der Waals surface area contributed by atoms with E-state index in [0.717, 1.165) is 12.2 Å². The number of hydrogen-bond acceptors (Lipinski definition) is 4. The number of carbonyl (C=O) groups is 1. The van der Waals surface area contributed by atoms with E-state index in [4.69, 9.17) is 5.73 Å². The summed E-state index contributed by atoms with van der Waals surface area (Å²) < 4.78 is 0. The van der Waals surface area contributed by atoms with Gasteiger partial charge in [0.05, 0.1) is 0 Å². The number of nitrogens with zero attached hydrogens (tertiary/aromatic N) is 1. The van der Waals surface area contributed by atoms with Crippen molar-refractivity contribution < 1.29 is 4.79 Å². The van der Waals surface area contributed by atoms with Crippen LogP contribution in [0.1, 0.15) is 33.6 Å². The van der Waals surface area contributed by atoms with E-state index in [0.29, 0.717) is 19.0 Å². The van der Waals surface area contributed by atoms with Crippen LogP contribution >= 0.6 is 11.8 Å². The lowest BCUT2D eigenvalue weighted by Gasteiger charge is -2.32. The molecule has 0 bridgehead atoms. The summed E-state index contributed by atoms with van der Waals surface area (Å²) in [7, 11) is 2.06. The third-order valence-electron chi connectivity index (χ3n) is 3.15. The highest BCUT2D eigenvalue weighted by Crippen LogP contribution is 2.11. The van der Waals surface area contributed by atoms with Gasteiger partial charge in [-0.05, 0) is 46.2 Å². The van der Waals surface area contributed by atoms with Crippen LogP contribution in [0.4, 0.5) is 0 Å². The van der Waals surface area contributed by atoms with Crippen molar-refractivity contribution >= 4 is 17.7 Å². The van der Waals surface area contributed by atoms with Crippen LogP contribution in [0.2, 0.25) is 0 Å². The van der Waals surface area contributed by atoms with Crippen molar-refractivity contribution in [1.82, 2.24) is 10.2 Å². The Morgan fingerprint density at radius 2 is 2.00 bits per heavy atom. The first-order valence-corrected chi connectivity index (χ1v) is 8.02. The fourth-order valence-corrected chi connectivity index (χ4v) is 2.42. The molecule has 1 amide bonds. The van der Waals surface area contributed by atoms with Crippen LogP contribution in [0, 0.1) is 0 Å². The van der Waals surface area contributed by atoms with Gasteiger partial charge >= 0.3 is 0 Å². The molecule has 0 saturated heterocycles. The molecule has 108 valence electrons. The van der Waals surface area contributed by atoms with Crippen molar-refractivity contribution in [2.75, 3.05) is 25.6 Å². The molecular formula is C13H29N3OS. The Kier molecular flexibility index (Phi) is 9.50. The predicted octanol–water partition coefficient (Wildman–Crippen LogP) is 1.30. The summed E-state index contributed by atoms with van der Waals surface area (Å²) in [5.41, 5.74) is 5.79. The molecule has 0 aliphatic rings. The van der Waals surface area contributed by atoms with Gasteiger partial charge in [-0.2, -0.15) is 11.8 Å². The van der Waals surface area contributed by atoms with Gasteiger partial charge in [-0.15, -0.1) is 0 Å². The summed E-state index contributed by atoms with van der Waals surface area (Å²) in [6.07, 6.45) is 3.72. The number of carbonyl (C=O) groups excluding carboxylic acids is 1. The topological polar surface area (TPSA) is 58.4 Å². The fraction of sp³-hybridized carbons (Fsp3) is 0.923. The average Bonchev–Trinajstić information content (AvgIpc) is 2.31. The lowest BCUT2D eigenvalue weighted by atomic mass is 10.1. The largest absolute Gasteiger partial charge is 0.354 e. The van der Waals surface area contributed by atoms with Gasteiger partial charge in [0.25, 0.3) is 0 Å². The third-order valence-corrected chi connectivity index (χ3v) is 3.80. The standard InChI is InChI=1S/C13H29N3OS/c1-10(2)15-13(17)8-12(9-14)16(4)11(3)6-7-18-5/h10-12H,6-9,14H2,1-5H3,(H,15,17). The summed E-state index contributed by atoms with van der Waals surface area (Å²) in [4.78, 5) is 14.0. The number of rotatable bonds is 9. The zero-order valence-corrected chi connectivity index (χ0v) is 13.2. The van der Waals surface area contributed by atoms with Crippen LogP contribution in [0.3, 0.4) is 0 Å². The molecule has 0 heterocycles. The Balaban J connectivity index is 4.25. The number of amides is 1. The second-order valence-corrected chi connectivity index (χ2v) is 6.10. The zero-order chi connectivity index (χ0) is 14.1. The van der Waals surface area contributed by atoms with Gasteiger partial charge < -0.3 is 11.1 Å². The molecule has 0 aliphatic heterocycles. The van der Waals surface area contributed by atoms with E-state index in [1.165, 1.54) is 0 Å². The van der Waals surface area contributed by atoms with Crippen LogP contribution in [0.25, 0.3) is 0 Å². The predicted molar refractivity (Wildman–Crippen MR) is 81.0 cm³/mol. The van der Waals surface area contributed by atoms with Crippen LogP contribution in [0.5, 0.6) is 0 Å². The highest BCUT2D eigenvalue weighted by atomic mass is 32.2. The molecule has 0 rings (SSSR count). The molecule has 5 heteroatoms. The summed E-state index contributed by atoms with van der Waals surface area (Å²) >= 11 is 1.85. The van der Waals surface area contributed by atoms with Gasteiger partial charge in [0.15, 0.2) is 0 Å². The molecule has 0 aromatic rings. The van der Waals surface area contributed by atoms with E-state index in [2.05, 4.69) is 30.4 Å². The molecule has 0 saturated carbocycles. The molecule has 0 aliphatic carbocycles. The van der Waals surface area contributed by atoms with Crippen LogP contribution < -0.4 is 11.1 Å². The Morgan fingerprint density at radius 3 is 2.44 bits per heavy atom. The van der Waals surface area contributed by atoms with Crippen molar-refractivity contribution in [3.63, 3.8) is 0 Å². The number of likely N-dealkylation sites (N-methyl/N-ethyl adjacent to an activating group) is 1. The van der Waals surface area contributed by atoms with Crippen molar-refractivity contribution in [3.05, 3.63) is 0 Å². The van der Waals surface area contributed by atoms with E-state index in [-0.39, 0.29) is 18.0 Å². The van der Waals surface area contributed by atoms with Crippen LogP contribution in [-0.2, 0) is 4.79 Å². The Morgan fingerprint density at radius 1 is 1.39 bits per heavy atom. The third kappa shape index (κ3) is 7.24. The molecule has 18 heavy (non-hydrogen) atoms. The maximum Gasteiger partial charge on any atom is 0.221 e. The number of thioether (sulfide) groups is 1. The van der Waals surface area contributed by atoms with Crippen LogP contribution in [-0.4, -0.2) is 54.5 Å². The molecule has 3 N–H and O–H groups in total. The number of nitrogens with one attached hydrogen (secondary N) is 1. The van der Waals surface area contributed by atoms with Gasteiger partial charge in [-0.1, -0.05) is 0 Å². The fourth-order valence-electron chi connectivity index (χ4n) is 1.84. The minimum Gasteiger partial charge on any atom is -0.354 e. The SMILES string of the molecule is CSCCC(C)N(C)C(CN)CC(=O)NC(C)C. The zero-order valence-electron chi connectivity index (χ0n) is 12.4. The molecule has 0 radical (unpaired) electrons. The Bertz CT molecular complexity index is 236. The average molecular weight is 275 g/mol. The monoisotopic (exact) mass is 275 g/mol. The Labute approximate surface area is 116 Å². The summed E-state index contributed by atoms with van der Waals surface area (Å²) in [6.45, 7) is 6.66. The van der Waals surface area contributed by atoms with Crippen molar-refractivity contribution in [2.24, 2.45) is 5.73 Å².